The van der Waals surface area contributed by atoms with Gasteiger partial charge in [0.15, 0.2) is 0 Å². The highest BCUT2D eigenvalue weighted by Crippen LogP contribution is 2.18. The molecule has 2 N–H and O–H groups in total. The fraction of sp³-hybridized carbons (Fsp3) is 0.235. The number of nitrogens with zero attached hydrogens (tertiary/aromatic N) is 1. The van der Waals surface area contributed by atoms with E-state index < -0.39 is 0 Å². The molecule has 0 fully saturated rings. The second-order valence-corrected chi connectivity index (χ2v) is 5.23. The van der Waals surface area contributed by atoms with E-state index in [4.69, 9.17) is 5.73 Å². The van der Waals surface area contributed by atoms with Crippen LogP contribution >= 0.6 is 0 Å². The topological polar surface area (TPSA) is 46.3 Å². The van der Waals surface area contributed by atoms with Crippen molar-refractivity contribution >= 4 is 11.6 Å². The Hall–Kier alpha value is -2.36. The van der Waals surface area contributed by atoms with E-state index in [0.717, 1.165) is 5.56 Å². The summed E-state index contributed by atoms with van der Waals surface area (Å²) in [7, 11) is 0. The number of nitrogens with two attached hydrogens (primary N) is 1. The summed E-state index contributed by atoms with van der Waals surface area (Å²) in [5.74, 6) is -0.483. The molecular formula is C17H19FN2O. The Labute approximate surface area is 124 Å². The van der Waals surface area contributed by atoms with Gasteiger partial charge in [0.2, 0.25) is 0 Å². The van der Waals surface area contributed by atoms with Gasteiger partial charge < -0.3 is 10.6 Å². The SMILES string of the molecule is CC(C)N(Cc1ccccc1N)C(=O)c1ccc(F)cc1. The van der Waals surface area contributed by atoms with Crippen molar-refractivity contribution in [3.8, 4) is 0 Å². The summed E-state index contributed by atoms with van der Waals surface area (Å²) in [6.07, 6.45) is 0. The van der Waals surface area contributed by atoms with E-state index in [1.54, 1.807) is 4.90 Å². The molecule has 0 spiro atoms. The van der Waals surface area contributed by atoms with Gasteiger partial charge in [-0.3, -0.25) is 4.79 Å². The molecule has 0 aliphatic carbocycles. The van der Waals surface area contributed by atoms with Crippen LogP contribution in [0.5, 0.6) is 0 Å². The van der Waals surface area contributed by atoms with Gasteiger partial charge in [0, 0.05) is 23.8 Å². The summed E-state index contributed by atoms with van der Waals surface area (Å²) in [6, 6.07) is 13.1. The van der Waals surface area contributed by atoms with E-state index in [-0.39, 0.29) is 17.8 Å². The molecular weight excluding hydrogens is 267 g/mol. The molecule has 4 heteroatoms. The Morgan fingerprint density at radius 1 is 1.14 bits per heavy atom. The Morgan fingerprint density at radius 2 is 1.76 bits per heavy atom. The fourth-order valence-electron chi connectivity index (χ4n) is 2.11. The van der Waals surface area contributed by atoms with Crippen LogP contribution in [0.1, 0.15) is 29.8 Å². The second-order valence-electron chi connectivity index (χ2n) is 5.23. The molecule has 0 aliphatic rings. The van der Waals surface area contributed by atoms with Gasteiger partial charge in [0.05, 0.1) is 0 Å². The number of carbonyl (C=O) groups is 1. The molecule has 0 saturated heterocycles. The van der Waals surface area contributed by atoms with E-state index in [9.17, 15) is 9.18 Å². The van der Waals surface area contributed by atoms with Crippen LogP contribution in [0.25, 0.3) is 0 Å². The molecule has 3 nitrogen and oxygen atoms in total. The summed E-state index contributed by atoms with van der Waals surface area (Å²) in [6.45, 7) is 4.32. The third-order valence-electron chi connectivity index (χ3n) is 3.37. The van der Waals surface area contributed by atoms with Gasteiger partial charge in [-0.05, 0) is 49.7 Å². The van der Waals surface area contributed by atoms with Gasteiger partial charge in [0.25, 0.3) is 5.91 Å². The molecule has 1 amide bonds. The zero-order valence-electron chi connectivity index (χ0n) is 12.2. The highest BCUT2D eigenvalue weighted by atomic mass is 19.1. The smallest absolute Gasteiger partial charge is 0.254 e. The fourth-order valence-corrected chi connectivity index (χ4v) is 2.11. The summed E-state index contributed by atoms with van der Waals surface area (Å²) in [4.78, 5) is 14.3. The van der Waals surface area contributed by atoms with Crippen molar-refractivity contribution in [2.24, 2.45) is 0 Å². The van der Waals surface area contributed by atoms with Crippen LogP contribution in [-0.4, -0.2) is 16.8 Å². The number of benzene rings is 2. The third kappa shape index (κ3) is 3.60. The Balaban J connectivity index is 2.25. The number of nitrogen functional groups attached to an aromatic ring is 1. The minimum atomic E-state index is -0.352. The molecule has 2 rings (SSSR count). The molecule has 0 aliphatic heterocycles. The lowest BCUT2D eigenvalue weighted by Crippen LogP contribution is -2.36. The highest BCUT2D eigenvalue weighted by Gasteiger charge is 2.19. The first kappa shape index (κ1) is 15.0. The Kier molecular flexibility index (Phi) is 4.58. The zero-order chi connectivity index (χ0) is 15.4. The Morgan fingerprint density at radius 3 is 2.33 bits per heavy atom. The van der Waals surface area contributed by atoms with Gasteiger partial charge in [0.1, 0.15) is 5.82 Å². The number of hydrogen-bond acceptors (Lipinski definition) is 2. The molecule has 21 heavy (non-hydrogen) atoms. The van der Waals surface area contributed by atoms with Crippen LogP contribution in [0.4, 0.5) is 10.1 Å². The predicted molar refractivity (Wildman–Crippen MR) is 82.3 cm³/mol. The first-order valence-corrected chi connectivity index (χ1v) is 6.89. The lowest BCUT2D eigenvalue weighted by Gasteiger charge is -2.27. The summed E-state index contributed by atoms with van der Waals surface area (Å²) in [5, 5.41) is 0. The van der Waals surface area contributed by atoms with Crippen LogP contribution < -0.4 is 5.73 Å². The molecule has 0 radical (unpaired) electrons. The monoisotopic (exact) mass is 286 g/mol. The standard InChI is InChI=1S/C17H19FN2O/c1-12(2)20(11-14-5-3-4-6-16(14)19)17(21)13-7-9-15(18)10-8-13/h3-10,12H,11,19H2,1-2H3. The van der Waals surface area contributed by atoms with Crippen LogP contribution in [0.2, 0.25) is 0 Å². The van der Waals surface area contributed by atoms with E-state index >= 15 is 0 Å². The quantitative estimate of drug-likeness (QED) is 0.875. The molecule has 0 atom stereocenters. The van der Waals surface area contributed by atoms with Crippen LogP contribution in [0.15, 0.2) is 48.5 Å². The third-order valence-corrected chi connectivity index (χ3v) is 3.37. The van der Waals surface area contributed by atoms with Crippen LogP contribution in [-0.2, 0) is 6.54 Å². The van der Waals surface area contributed by atoms with Crippen molar-refractivity contribution in [1.29, 1.82) is 0 Å². The average molecular weight is 286 g/mol. The number of para-hydroxylation sites is 1. The van der Waals surface area contributed by atoms with Crippen LogP contribution in [0, 0.1) is 5.82 Å². The molecule has 110 valence electrons. The number of halogens is 1. The summed E-state index contributed by atoms with van der Waals surface area (Å²) >= 11 is 0. The number of anilines is 1. The second kappa shape index (κ2) is 6.39. The van der Waals surface area contributed by atoms with E-state index in [1.165, 1.54) is 24.3 Å². The average Bonchev–Trinajstić information content (AvgIpc) is 2.46. The van der Waals surface area contributed by atoms with Crippen molar-refractivity contribution in [3.63, 3.8) is 0 Å². The van der Waals surface area contributed by atoms with Crippen molar-refractivity contribution in [1.82, 2.24) is 4.90 Å². The van der Waals surface area contributed by atoms with Gasteiger partial charge in [-0.2, -0.15) is 0 Å². The van der Waals surface area contributed by atoms with Gasteiger partial charge in [-0.15, -0.1) is 0 Å². The molecule has 2 aromatic rings. The summed E-state index contributed by atoms with van der Waals surface area (Å²) < 4.78 is 13.0. The maximum atomic E-state index is 13.0. The van der Waals surface area contributed by atoms with Crippen molar-refractivity contribution in [3.05, 3.63) is 65.5 Å². The number of carbonyl (C=O) groups excluding carboxylic acids is 1. The van der Waals surface area contributed by atoms with E-state index in [2.05, 4.69) is 0 Å². The molecule has 2 aromatic carbocycles. The minimum Gasteiger partial charge on any atom is -0.398 e. The molecule has 0 unspecified atom stereocenters. The van der Waals surface area contributed by atoms with Crippen molar-refractivity contribution in [2.75, 3.05) is 5.73 Å². The lowest BCUT2D eigenvalue weighted by atomic mass is 10.1. The van der Waals surface area contributed by atoms with Gasteiger partial charge >= 0.3 is 0 Å². The largest absolute Gasteiger partial charge is 0.398 e. The summed E-state index contributed by atoms with van der Waals surface area (Å²) in [5.41, 5.74) is 7.98. The number of hydrogen-bond donors (Lipinski definition) is 1. The molecule has 0 bridgehead atoms. The molecule has 0 saturated carbocycles. The van der Waals surface area contributed by atoms with Gasteiger partial charge in [-0.1, -0.05) is 18.2 Å². The maximum Gasteiger partial charge on any atom is 0.254 e. The first-order valence-electron chi connectivity index (χ1n) is 6.89. The molecule has 0 heterocycles. The molecule has 0 aromatic heterocycles. The van der Waals surface area contributed by atoms with Gasteiger partial charge in [-0.25, -0.2) is 4.39 Å². The van der Waals surface area contributed by atoms with E-state index in [1.807, 2.05) is 38.1 Å². The lowest BCUT2D eigenvalue weighted by molar-refractivity contribution is 0.0691. The van der Waals surface area contributed by atoms with E-state index in [0.29, 0.717) is 17.8 Å². The van der Waals surface area contributed by atoms with Crippen molar-refractivity contribution in [2.45, 2.75) is 26.4 Å². The first-order chi connectivity index (χ1) is 9.99. The van der Waals surface area contributed by atoms with Crippen molar-refractivity contribution < 1.29 is 9.18 Å². The number of amides is 1. The minimum absolute atomic E-state index is 0.0159. The predicted octanol–water partition coefficient (Wildman–Crippen LogP) is 3.46. The normalized spacial score (nSPS) is 10.7. The van der Waals surface area contributed by atoms with Crippen LogP contribution in [0.3, 0.4) is 0 Å². The highest BCUT2D eigenvalue weighted by molar-refractivity contribution is 5.94. The zero-order valence-corrected chi connectivity index (χ0v) is 12.2. The number of rotatable bonds is 4. The Bertz CT molecular complexity index is 623. The maximum absolute atomic E-state index is 13.0.